The maximum Gasteiger partial charge on any atom is 0.426 e. The number of carbonyl (C=O) groups is 3. The van der Waals surface area contributed by atoms with Crippen LogP contribution in [0.15, 0.2) is 60.8 Å². The van der Waals surface area contributed by atoms with Crippen molar-refractivity contribution in [2.75, 3.05) is 0 Å². The van der Waals surface area contributed by atoms with E-state index >= 15 is 0 Å². The molecule has 9 heteroatoms. The number of carbonyl (C=O) groups excluding carboxylic acids is 3. The zero-order valence-electron chi connectivity index (χ0n) is 18.8. The minimum Gasteiger partial charge on any atom is -0.444 e. The number of ether oxygens (including phenoxy) is 2. The van der Waals surface area contributed by atoms with Crippen molar-refractivity contribution in [3.05, 3.63) is 71.9 Å². The molecule has 33 heavy (non-hydrogen) atoms. The predicted octanol–water partition coefficient (Wildman–Crippen LogP) is 3.56. The number of hydrazine groups is 1. The molecule has 3 aromatic rings. The lowest BCUT2D eigenvalue weighted by molar-refractivity contribution is -0.124. The van der Waals surface area contributed by atoms with Gasteiger partial charge in [-0.3, -0.25) is 10.2 Å². The topological polar surface area (TPSA) is 122 Å². The normalized spacial score (nSPS) is 12.0. The van der Waals surface area contributed by atoms with E-state index in [0.717, 1.165) is 22.0 Å². The molecule has 174 valence electrons. The van der Waals surface area contributed by atoms with Gasteiger partial charge >= 0.3 is 12.2 Å². The number of nitrogens with one attached hydrogen (secondary N) is 4. The lowest BCUT2D eigenvalue weighted by Gasteiger charge is -2.23. The Morgan fingerprint density at radius 3 is 2.36 bits per heavy atom. The molecule has 0 spiro atoms. The number of alkyl carbamates (subject to hydrolysis) is 1. The molecule has 1 heterocycles. The molecule has 0 aliphatic heterocycles. The first-order valence-corrected chi connectivity index (χ1v) is 10.5. The smallest absolute Gasteiger partial charge is 0.426 e. The lowest BCUT2D eigenvalue weighted by atomic mass is 10.0. The summed E-state index contributed by atoms with van der Waals surface area (Å²) in [5, 5.41) is 3.51. The first-order valence-electron chi connectivity index (χ1n) is 10.5. The van der Waals surface area contributed by atoms with Crippen molar-refractivity contribution < 1.29 is 23.9 Å². The van der Waals surface area contributed by atoms with E-state index < -0.39 is 29.7 Å². The Bertz CT molecular complexity index is 1100. The van der Waals surface area contributed by atoms with E-state index in [4.69, 9.17) is 9.47 Å². The monoisotopic (exact) mass is 452 g/mol. The van der Waals surface area contributed by atoms with E-state index in [1.165, 1.54) is 0 Å². The Hall–Kier alpha value is -4.01. The first-order chi connectivity index (χ1) is 15.7. The van der Waals surface area contributed by atoms with Crippen molar-refractivity contribution in [2.24, 2.45) is 0 Å². The number of H-pyrrole nitrogens is 1. The number of hydrogen-bond acceptors (Lipinski definition) is 5. The highest BCUT2D eigenvalue weighted by molar-refractivity contribution is 5.89. The summed E-state index contributed by atoms with van der Waals surface area (Å²) >= 11 is 0. The third-order valence-corrected chi connectivity index (χ3v) is 4.61. The maximum atomic E-state index is 12.8. The predicted molar refractivity (Wildman–Crippen MR) is 123 cm³/mol. The van der Waals surface area contributed by atoms with E-state index in [0.29, 0.717) is 0 Å². The molecular weight excluding hydrogens is 424 g/mol. The van der Waals surface area contributed by atoms with Gasteiger partial charge in [0, 0.05) is 23.5 Å². The highest BCUT2D eigenvalue weighted by Gasteiger charge is 2.26. The third kappa shape index (κ3) is 7.27. The summed E-state index contributed by atoms with van der Waals surface area (Å²) < 4.78 is 10.4. The van der Waals surface area contributed by atoms with Crippen LogP contribution in [0.4, 0.5) is 9.59 Å². The average Bonchev–Trinajstić information content (AvgIpc) is 3.18. The number of aromatic nitrogens is 1. The molecule has 4 N–H and O–H groups in total. The molecule has 3 amide bonds. The molecule has 0 aliphatic rings. The SMILES string of the molecule is CC(C)(C)OC(=O)N[C@H](Cc1c[nH]c2ccccc12)C(=O)NNC(=O)OCc1ccccc1. The van der Waals surface area contributed by atoms with E-state index in [9.17, 15) is 14.4 Å². The van der Waals surface area contributed by atoms with Crippen molar-refractivity contribution in [2.45, 2.75) is 45.4 Å². The Labute approximate surface area is 191 Å². The van der Waals surface area contributed by atoms with Gasteiger partial charge in [0.25, 0.3) is 5.91 Å². The van der Waals surface area contributed by atoms with Crippen LogP contribution in [0.3, 0.4) is 0 Å². The second-order valence-corrected chi connectivity index (χ2v) is 8.44. The van der Waals surface area contributed by atoms with Crippen molar-refractivity contribution in [3.8, 4) is 0 Å². The molecule has 0 fully saturated rings. The molecule has 0 radical (unpaired) electrons. The summed E-state index contributed by atoms with van der Waals surface area (Å²) in [6.45, 7) is 5.24. The molecule has 0 unspecified atom stereocenters. The van der Waals surface area contributed by atoms with Gasteiger partial charge in [0.05, 0.1) is 0 Å². The van der Waals surface area contributed by atoms with Crippen LogP contribution in [-0.2, 0) is 27.3 Å². The van der Waals surface area contributed by atoms with Crippen LogP contribution in [0.1, 0.15) is 31.9 Å². The van der Waals surface area contributed by atoms with Gasteiger partial charge in [-0.2, -0.15) is 0 Å². The van der Waals surface area contributed by atoms with Crippen LogP contribution in [0, 0.1) is 0 Å². The maximum absolute atomic E-state index is 12.8. The van der Waals surface area contributed by atoms with Crippen molar-refractivity contribution in [1.29, 1.82) is 0 Å². The number of fused-ring (bicyclic) bond motifs is 1. The summed E-state index contributed by atoms with van der Waals surface area (Å²) in [5.41, 5.74) is 6.33. The highest BCUT2D eigenvalue weighted by atomic mass is 16.6. The van der Waals surface area contributed by atoms with Gasteiger partial charge in [-0.15, -0.1) is 0 Å². The number of para-hydroxylation sites is 1. The molecule has 0 aliphatic carbocycles. The highest BCUT2D eigenvalue weighted by Crippen LogP contribution is 2.19. The van der Waals surface area contributed by atoms with Gasteiger partial charge in [0.15, 0.2) is 0 Å². The van der Waals surface area contributed by atoms with Crippen LogP contribution < -0.4 is 16.2 Å². The standard InChI is InChI=1S/C24H28N4O5/c1-24(2,3)33-22(30)26-20(13-17-14-25-19-12-8-7-11-18(17)19)21(29)27-28-23(31)32-15-16-9-5-4-6-10-16/h4-12,14,20,25H,13,15H2,1-3H3,(H,26,30)(H,27,29)(H,28,31)/t20-/m1/s1. The minimum atomic E-state index is -1.01. The van der Waals surface area contributed by atoms with E-state index in [2.05, 4.69) is 21.2 Å². The molecule has 0 saturated carbocycles. The first kappa shape index (κ1) is 23.6. The minimum absolute atomic E-state index is 0.0530. The van der Waals surface area contributed by atoms with Crippen LogP contribution in [-0.4, -0.2) is 34.7 Å². The van der Waals surface area contributed by atoms with Crippen molar-refractivity contribution in [3.63, 3.8) is 0 Å². The van der Waals surface area contributed by atoms with Gasteiger partial charge in [0.1, 0.15) is 18.2 Å². The van der Waals surface area contributed by atoms with Crippen LogP contribution in [0.2, 0.25) is 0 Å². The molecule has 1 aromatic heterocycles. The van der Waals surface area contributed by atoms with Crippen LogP contribution in [0.25, 0.3) is 10.9 Å². The largest absolute Gasteiger partial charge is 0.444 e. The molecule has 9 nitrogen and oxygen atoms in total. The second kappa shape index (κ2) is 10.5. The lowest BCUT2D eigenvalue weighted by Crippen LogP contribution is -2.53. The van der Waals surface area contributed by atoms with Gasteiger partial charge in [0.2, 0.25) is 0 Å². The fourth-order valence-corrected chi connectivity index (χ4v) is 3.14. The third-order valence-electron chi connectivity index (χ3n) is 4.61. The molecule has 3 rings (SSSR count). The van der Waals surface area contributed by atoms with Crippen LogP contribution in [0.5, 0.6) is 0 Å². The Balaban J connectivity index is 1.63. The van der Waals surface area contributed by atoms with Gasteiger partial charge < -0.3 is 19.8 Å². The zero-order valence-corrected chi connectivity index (χ0v) is 18.8. The summed E-state index contributed by atoms with van der Waals surface area (Å²) in [4.78, 5) is 40.3. The average molecular weight is 453 g/mol. The number of amides is 3. The van der Waals surface area contributed by atoms with Crippen molar-refractivity contribution in [1.82, 2.24) is 21.2 Å². The summed E-state index contributed by atoms with van der Waals surface area (Å²) in [5.74, 6) is -0.622. The zero-order chi connectivity index (χ0) is 23.8. The summed E-state index contributed by atoms with van der Waals surface area (Å²) in [7, 11) is 0. The van der Waals surface area contributed by atoms with E-state index in [1.54, 1.807) is 27.0 Å². The van der Waals surface area contributed by atoms with Gasteiger partial charge in [-0.25, -0.2) is 15.0 Å². The fraction of sp³-hybridized carbons (Fsp3) is 0.292. The van der Waals surface area contributed by atoms with Crippen molar-refractivity contribution >= 4 is 29.0 Å². The van der Waals surface area contributed by atoms with Gasteiger partial charge in [-0.05, 0) is 38.0 Å². The number of aromatic amines is 1. The summed E-state index contributed by atoms with van der Waals surface area (Å²) in [6, 6.07) is 15.8. The molecular formula is C24H28N4O5. The quantitative estimate of drug-likeness (QED) is 0.426. The Kier molecular flexibility index (Phi) is 7.55. The Morgan fingerprint density at radius 2 is 1.64 bits per heavy atom. The fourth-order valence-electron chi connectivity index (χ4n) is 3.14. The molecule has 1 atom stereocenters. The molecule has 0 bridgehead atoms. The number of rotatable bonds is 6. The van der Waals surface area contributed by atoms with Crippen LogP contribution >= 0.6 is 0 Å². The molecule has 2 aromatic carbocycles. The summed E-state index contributed by atoms with van der Waals surface area (Å²) in [6.07, 6.45) is 0.392. The molecule has 0 saturated heterocycles. The van der Waals surface area contributed by atoms with Gasteiger partial charge in [-0.1, -0.05) is 48.5 Å². The second-order valence-electron chi connectivity index (χ2n) is 8.44. The number of hydrogen-bond donors (Lipinski definition) is 4. The van der Waals surface area contributed by atoms with E-state index in [-0.39, 0.29) is 13.0 Å². The van der Waals surface area contributed by atoms with E-state index in [1.807, 2.05) is 54.6 Å². The number of benzene rings is 2. The Morgan fingerprint density at radius 1 is 0.939 bits per heavy atom.